The maximum Gasteiger partial charge on any atom is 0.238 e. The van der Waals surface area contributed by atoms with E-state index in [1.807, 2.05) is 65.7 Å². The standard InChI is InChI=1S/C34H25ClN2O4/c1-41-24-9-6-8-22(19-24)31(39)29-28(30(38)21-13-15-23(35)16-14-21)34(26-11-4-5-12-27(26)36-33(34)40)32-25-10-3-2-7-20(25)17-18-37(29)32/h2-19,28-29,32H,1H3,(H,36,40)/t28-,29+,32+,34-/m1/s1. The minimum Gasteiger partial charge on any atom is -0.497 e. The number of benzene rings is 4. The van der Waals surface area contributed by atoms with Crippen LogP contribution in [0.1, 0.15) is 43.4 Å². The molecule has 4 atom stereocenters. The molecule has 0 aromatic heterocycles. The average Bonchev–Trinajstić information content (AvgIpc) is 3.49. The van der Waals surface area contributed by atoms with Crippen molar-refractivity contribution in [3.05, 3.63) is 136 Å². The van der Waals surface area contributed by atoms with Crippen LogP contribution in [0, 0.1) is 5.92 Å². The molecular weight excluding hydrogens is 536 g/mol. The van der Waals surface area contributed by atoms with Crippen molar-refractivity contribution >= 4 is 40.8 Å². The van der Waals surface area contributed by atoms with Crippen LogP contribution in [0.2, 0.25) is 5.02 Å². The Labute approximate surface area is 242 Å². The molecule has 1 saturated heterocycles. The van der Waals surface area contributed by atoms with E-state index in [9.17, 15) is 14.4 Å². The Hall–Kier alpha value is -4.68. The monoisotopic (exact) mass is 560 g/mol. The molecule has 1 amide bonds. The summed E-state index contributed by atoms with van der Waals surface area (Å²) in [6, 6.07) is 27.3. The molecular formula is C34H25ClN2O4. The molecule has 1 spiro atoms. The van der Waals surface area contributed by atoms with E-state index in [2.05, 4.69) is 5.32 Å². The molecule has 4 aromatic rings. The first kappa shape index (κ1) is 25.3. The Bertz CT molecular complexity index is 1760. The lowest BCUT2D eigenvalue weighted by molar-refractivity contribution is -0.122. The third kappa shape index (κ3) is 3.60. The number of para-hydroxylation sites is 1. The van der Waals surface area contributed by atoms with Gasteiger partial charge in [-0.15, -0.1) is 0 Å². The third-order valence-corrected chi connectivity index (χ3v) is 8.86. The Morgan fingerprint density at radius 1 is 0.878 bits per heavy atom. The second kappa shape index (κ2) is 9.46. The van der Waals surface area contributed by atoms with Crippen LogP contribution in [0.15, 0.2) is 103 Å². The number of ether oxygens (including phenoxy) is 1. The van der Waals surface area contributed by atoms with Crippen molar-refractivity contribution in [2.75, 3.05) is 12.4 Å². The van der Waals surface area contributed by atoms with Gasteiger partial charge >= 0.3 is 0 Å². The summed E-state index contributed by atoms with van der Waals surface area (Å²) >= 11 is 6.17. The molecule has 0 bridgehead atoms. The predicted molar refractivity (Wildman–Crippen MR) is 157 cm³/mol. The first-order valence-corrected chi connectivity index (χ1v) is 13.8. The van der Waals surface area contributed by atoms with Crippen LogP contribution in [-0.2, 0) is 10.2 Å². The molecule has 1 N–H and O–H groups in total. The van der Waals surface area contributed by atoms with Crippen LogP contribution in [-0.4, -0.2) is 35.5 Å². The summed E-state index contributed by atoms with van der Waals surface area (Å²) in [7, 11) is 1.54. The number of halogens is 1. The summed E-state index contributed by atoms with van der Waals surface area (Å²) in [6.45, 7) is 0. The molecule has 41 heavy (non-hydrogen) atoms. The van der Waals surface area contributed by atoms with E-state index in [0.29, 0.717) is 33.1 Å². The molecule has 0 aliphatic carbocycles. The van der Waals surface area contributed by atoms with E-state index >= 15 is 0 Å². The van der Waals surface area contributed by atoms with Gasteiger partial charge in [-0.05, 0) is 65.2 Å². The fourth-order valence-electron chi connectivity index (χ4n) is 6.91. The van der Waals surface area contributed by atoms with Gasteiger partial charge in [-0.25, -0.2) is 0 Å². The summed E-state index contributed by atoms with van der Waals surface area (Å²) in [6.07, 6.45) is 3.81. The average molecular weight is 561 g/mol. The number of anilines is 1. The number of nitrogens with one attached hydrogen (secondary N) is 1. The first-order valence-electron chi connectivity index (χ1n) is 13.4. The lowest BCUT2D eigenvalue weighted by Gasteiger charge is -2.38. The van der Waals surface area contributed by atoms with Crippen molar-refractivity contribution in [2.45, 2.75) is 17.5 Å². The fourth-order valence-corrected chi connectivity index (χ4v) is 7.03. The number of fused-ring (bicyclic) bond motifs is 6. The van der Waals surface area contributed by atoms with Gasteiger partial charge in [0.1, 0.15) is 17.2 Å². The van der Waals surface area contributed by atoms with Crippen molar-refractivity contribution in [3.63, 3.8) is 0 Å². The second-order valence-electron chi connectivity index (χ2n) is 10.6. The molecule has 7 heteroatoms. The smallest absolute Gasteiger partial charge is 0.238 e. The quantitative estimate of drug-likeness (QED) is 0.289. The molecule has 3 aliphatic heterocycles. The van der Waals surface area contributed by atoms with Gasteiger partial charge in [-0.1, -0.05) is 66.2 Å². The molecule has 3 aliphatic rings. The van der Waals surface area contributed by atoms with E-state index in [4.69, 9.17) is 16.3 Å². The number of Topliss-reactive ketones (excluding diaryl/α,β-unsaturated/α-hetero) is 2. The maximum atomic E-state index is 14.7. The van der Waals surface area contributed by atoms with Crippen LogP contribution in [0.4, 0.5) is 5.69 Å². The number of nitrogens with zero attached hydrogens (tertiary/aromatic N) is 1. The van der Waals surface area contributed by atoms with Crippen LogP contribution >= 0.6 is 11.6 Å². The number of carbonyl (C=O) groups is 3. The molecule has 6 nitrogen and oxygen atoms in total. The highest BCUT2D eigenvalue weighted by Crippen LogP contribution is 2.62. The van der Waals surface area contributed by atoms with Gasteiger partial charge in [0.15, 0.2) is 11.6 Å². The zero-order chi connectivity index (χ0) is 28.3. The van der Waals surface area contributed by atoms with Crippen molar-refractivity contribution < 1.29 is 19.1 Å². The normalized spacial score (nSPS) is 23.5. The van der Waals surface area contributed by atoms with Gasteiger partial charge in [0.25, 0.3) is 0 Å². The Kier molecular flexibility index (Phi) is 5.84. The van der Waals surface area contributed by atoms with Crippen molar-refractivity contribution in [2.24, 2.45) is 5.92 Å². The Morgan fingerprint density at radius 2 is 1.63 bits per heavy atom. The highest BCUT2D eigenvalue weighted by Gasteiger charge is 2.70. The summed E-state index contributed by atoms with van der Waals surface area (Å²) in [5, 5.41) is 3.55. The zero-order valence-corrected chi connectivity index (χ0v) is 22.8. The second-order valence-corrected chi connectivity index (χ2v) is 11.0. The molecule has 202 valence electrons. The largest absolute Gasteiger partial charge is 0.497 e. The van der Waals surface area contributed by atoms with Gasteiger partial charge < -0.3 is 15.0 Å². The molecule has 0 radical (unpaired) electrons. The summed E-state index contributed by atoms with van der Waals surface area (Å²) in [4.78, 5) is 45.7. The fraction of sp³-hybridized carbons (Fsp3) is 0.147. The number of ketones is 2. The Morgan fingerprint density at radius 3 is 2.44 bits per heavy atom. The molecule has 7 rings (SSSR count). The molecule has 0 saturated carbocycles. The minimum atomic E-state index is -1.38. The van der Waals surface area contributed by atoms with Gasteiger partial charge in [0.2, 0.25) is 5.91 Å². The van der Waals surface area contributed by atoms with Gasteiger partial charge in [0.05, 0.1) is 19.1 Å². The van der Waals surface area contributed by atoms with E-state index in [-0.39, 0.29) is 17.5 Å². The van der Waals surface area contributed by atoms with E-state index in [1.165, 1.54) is 0 Å². The zero-order valence-electron chi connectivity index (χ0n) is 22.1. The SMILES string of the molecule is COc1cccc(C(=O)[C@@H]2[C@H](C(=O)c3ccc(Cl)cc3)[C@@]3(C(=O)Nc4ccccc43)[C@@H]3c4ccccc4C=CN23)c1. The van der Waals surface area contributed by atoms with Crippen molar-refractivity contribution in [1.29, 1.82) is 0 Å². The number of hydrogen-bond acceptors (Lipinski definition) is 5. The number of rotatable bonds is 5. The molecule has 0 unspecified atom stereocenters. The highest BCUT2D eigenvalue weighted by atomic mass is 35.5. The number of hydrogen-bond donors (Lipinski definition) is 1. The summed E-state index contributed by atoms with van der Waals surface area (Å²) in [5.41, 5.74) is 2.59. The topological polar surface area (TPSA) is 75.7 Å². The van der Waals surface area contributed by atoms with Gasteiger partial charge in [0, 0.05) is 28.0 Å². The number of methoxy groups -OCH3 is 1. The van der Waals surface area contributed by atoms with Crippen LogP contribution in [0.25, 0.3) is 6.08 Å². The Balaban J connectivity index is 1.53. The van der Waals surface area contributed by atoms with Crippen molar-refractivity contribution in [3.8, 4) is 5.75 Å². The minimum absolute atomic E-state index is 0.265. The lowest BCUT2D eigenvalue weighted by atomic mass is 9.62. The number of carbonyl (C=O) groups excluding carboxylic acids is 3. The third-order valence-electron chi connectivity index (χ3n) is 8.60. The van der Waals surface area contributed by atoms with Crippen molar-refractivity contribution in [1.82, 2.24) is 4.90 Å². The van der Waals surface area contributed by atoms with E-state index in [1.54, 1.807) is 55.6 Å². The highest BCUT2D eigenvalue weighted by molar-refractivity contribution is 6.30. The van der Waals surface area contributed by atoms with Crippen LogP contribution in [0.3, 0.4) is 0 Å². The van der Waals surface area contributed by atoms with Gasteiger partial charge in [-0.2, -0.15) is 0 Å². The van der Waals surface area contributed by atoms with Crippen LogP contribution < -0.4 is 10.1 Å². The lowest BCUT2D eigenvalue weighted by Crippen LogP contribution is -2.49. The number of amides is 1. The van der Waals surface area contributed by atoms with E-state index < -0.39 is 23.4 Å². The molecule has 3 heterocycles. The predicted octanol–water partition coefficient (Wildman–Crippen LogP) is 6.33. The first-order chi connectivity index (χ1) is 19.9. The van der Waals surface area contributed by atoms with E-state index in [0.717, 1.165) is 11.1 Å². The van der Waals surface area contributed by atoms with Crippen LogP contribution in [0.5, 0.6) is 5.75 Å². The van der Waals surface area contributed by atoms with Gasteiger partial charge in [-0.3, -0.25) is 14.4 Å². The summed E-state index contributed by atoms with van der Waals surface area (Å²) < 4.78 is 5.41. The summed E-state index contributed by atoms with van der Waals surface area (Å²) in [5.74, 6) is -1.38. The maximum absolute atomic E-state index is 14.7. The molecule has 1 fully saturated rings. The molecule has 4 aromatic carbocycles.